The van der Waals surface area contributed by atoms with Crippen LogP contribution in [0.4, 0.5) is 39.8 Å². The Bertz CT molecular complexity index is 2480. The van der Waals surface area contributed by atoms with Crippen LogP contribution in [-0.2, 0) is 10.8 Å². The van der Waals surface area contributed by atoms with Gasteiger partial charge in [0.2, 0.25) is 0 Å². The fraction of sp³-hybridized carbons (Fsp3) is 0.152. The summed E-state index contributed by atoms with van der Waals surface area (Å²) < 4.78 is 0. The third-order valence-corrected chi connectivity index (χ3v) is 12.3. The highest BCUT2D eigenvalue weighted by Crippen LogP contribution is 2.55. The van der Waals surface area contributed by atoms with Gasteiger partial charge in [0.25, 0.3) is 0 Å². The fourth-order valence-corrected chi connectivity index (χ4v) is 9.80. The number of benzene rings is 7. The number of hydrogen-bond donors (Lipinski definition) is 0. The lowest BCUT2D eigenvalue weighted by Crippen LogP contribution is -2.30. The Kier molecular flexibility index (Phi) is 6.27. The molecule has 0 saturated carbocycles. The second-order valence-corrected chi connectivity index (χ2v) is 15.8. The molecule has 0 aliphatic carbocycles. The zero-order valence-corrected chi connectivity index (χ0v) is 29.6. The molecule has 0 bridgehead atoms. The van der Waals surface area contributed by atoms with Crippen LogP contribution in [0, 0.1) is 0 Å². The first kappa shape index (κ1) is 29.6. The maximum absolute atomic E-state index is 5.12. The van der Waals surface area contributed by atoms with Gasteiger partial charge in [-0.05, 0) is 81.6 Å². The van der Waals surface area contributed by atoms with Crippen molar-refractivity contribution in [1.29, 1.82) is 0 Å². The summed E-state index contributed by atoms with van der Waals surface area (Å²) in [5.74, 6) is 0.864. The SMILES string of the molecule is CC1(C)c2ccccc2N(c2ccc3c(c2)c2c(c4cc(N5c6ccccc6C(C)(C)c6ccccc65)ccc43)SCC=N2)c2ccccc21. The predicted octanol–water partition coefficient (Wildman–Crippen LogP) is 13.0. The molecule has 0 atom stereocenters. The zero-order valence-electron chi connectivity index (χ0n) is 28.7. The molecule has 3 heterocycles. The largest absolute Gasteiger partial charge is 0.310 e. The molecular weight excluding hydrogens is 627 g/mol. The van der Waals surface area contributed by atoms with Crippen molar-refractivity contribution in [3.63, 3.8) is 0 Å². The summed E-state index contributed by atoms with van der Waals surface area (Å²) in [5, 5.41) is 4.94. The average Bonchev–Trinajstić information content (AvgIpc) is 3.15. The first-order valence-corrected chi connectivity index (χ1v) is 18.5. The Hall–Kier alpha value is -5.32. The van der Waals surface area contributed by atoms with Gasteiger partial charge in [0.1, 0.15) is 0 Å². The van der Waals surface area contributed by atoms with E-state index < -0.39 is 0 Å². The third kappa shape index (κ3) is 4.03. The number of rotatable bonds is 2. The van der Waals surface area contributed by atoms with Crippen LogP contribution in [0.15, 0.2) is 143 Å². The highest BCUT2D eigenvalue weighted by Gasteiger charge is 2.38. The minimum absolute atomic E-state index is 0.0939. The quantitative estimate of drug-likeness (QED) is 0.172. The maximum Gasteiger partial charge on any atom is 0.0847 e. The molecule has 3 aliphatic heterocycles. The van der Waals surface area contributed by atoms with Gasteiger partial charge >= 0.3 is 0 Å². The molecule has 7 aromatic rings. The van der Waals surface area contributed by atoms with E-state index in [2.05, 4.69) is 177 Å². The van der Waals surface area contributed by atoms with Crippen LogP contribution in [0.3, 0.4) is 0 Å². The molecule has 50 heavy (non-hydrogen) atoms. The van der Waals surface area contributed by atoms with Crippen molar-refractivity contribution in [2.45, 2.75) is 43.4 Å². The third-order valence-electron chi connectivity index (χ3n) is 11.3. The highest BCUT2D eigenvalue weighted by molar-refractivity contribution is 8.00. The van der Waals surface area contributed by atoms with Crippen LogP contribution in [-0.4, -0.2) is 12.0 Å². The Morgan fingerprint density at radius 2 is 0.880 bits per heavy atom. The van der Waals surface area contributed by atoms with Gasteiger partial charge in [0, 0.05) is 49.8 Å². The molecule has 0 amide bonds. The Morgan fingerprint density at radius 3 is 1.34 bits per heavy atom. The van der Waals surface area contributed by atoms with E-state index >= 15 is 0 Å². The van der Waals surface area contributed by atoms with Crippen molar-refractivity contribution >= 4 is 79.3 Å². The van der Waals surface area contributed by atoms with Crippen LogP contribution < -0.4 is 9.80 Å². The molecule has 0 spiro atoms. The summed E-state index contributed by atoms with van der Waals surface area (Å²) in [7, 11) is 0. The highest BCUT2D eigenvalue weighted by atomic mass is 32.2. The predicted molar refractivity (Wildman–Crippen MR) is 214 cm³/mol. The van der Waals surface area contributed by atoms with Crippen molar-refractivity contribution < 1.29 is 0 Å². The minimum atomic E-state index is -0.0975. The summed E-state index contributed by atoms with van der Waals surface area (Å²) in [6.45, 7) is 9.37. The average molecular weight is 664 g/mol. The Labute approximate surface area is 297 Å². The number of thioether (sulfide) groups is 1. The smallest absolute Gasteiger partial charge is 0.0847 e. The van der Waals surface area contributed by atoms with Crippen LogP contribution in [0.5, 0.6) is 0 Å². The molecule has 4 heteroatoms. The molecule has 0 saturated heterocycles. The van der Waals surface area contributed by atoms with Gasteiger partial charge < -0.3 is 9.80 Å². The summed E-state index contributed by atoms with van der Waals surface area (Å²) in [4.78, 5) is 11.3. The Balaban J connectivity index is 1.19. The van der Waals surface area contributed by atoms with Gasteiger partial charge in [0.15, 0.2) is 0 Å². The van der Waals surface area contributed by atoms with Crippen LogP contribution in [0.2, 0.25) is 0 Å². The number of aliphatic imine (C=N–C) groups is 1. The summed E-state index contributed by atoms with van der Waals surface area (Å²) in [5.41, 5.74) is 13.5. The van der Waals surface area contributed by atoms with Crippen LogP contribution >= 0.6 is 11.8 Å². The molecule has 0 fully saturated rings. The van der Waals surface area contributed by atoms with Crippen molar-refractivity contribution in [3.8, 4) is 0 Å². The van der Waals surface area contributed by atoms with E-state index in [1.165, 1.54) is 77.1 Å². The van der Waals surface area contributed by atoms with E-state index in [1.54, 1.807) is 0 Å². The van der Waals surface area contributed by atoms with E-state index in [1.807, 2.05) is 11.8 Å². The zero-order chi connectivity index (χ0) is 33.8. The molecule has 0 radical (unpaired) electrons. The van der Waals surface area contributed by atoms with Crippen molar-refractivity contribution in [2.24, 2.45) is 4.99 Å². The molecule has 0 N–H and O–H groups in total. The standard InChI is InChI=1S/C46H37N3S/c1-45(2)35-13-5-9-17-39(35)48(40-18-10-6-14-36(40)45)29-21-23-31-32-24-22-30(28-34(32)44-43(33(31)27-29)47-25-26-50-44)49-41-19-11-7-15-37(41)46(3,4)38-16-8-12-20-42(38)49/h5-25,27-28H,26H2,1-4H3. The number of nitrogens with zero attached hydrogens (tertiary/aromatic N) is 3. The molecule has 3 nitrogen and oxygen atoms in total. The number of para-hydroxylation sites is 4. The first-order chi connectivity index (χ1) is 24.3. The topological polar surface area (TPSA) is 18.8 Å². The molecule has 0 aromatic heterocycles. The molecule has 242 valence electrons. The maximum atomic E-state index is 5.12. The molecule has 3 aliphatic rings. The lowest BCUT2D eigenvalue weighted by molar-refractivity contribution is 0.632. The number of hydrogen-bond acceptors (Lipinski definition) is 4. The lowest BCUT2D eigenvalue weighted by Gasteiger charge is -2.42. The van der Waals surface area contributed by atoms with Gasteiger partial charge in [0.05, 0.1) is 28.4 Å². The molecule has 10 rings (SSSR count). The van der Waals surface area contributed by atoms with E-state index in [0.717, 1.165) is 17.1 Å². The molecule has 0 unspecified atom stereocenters. The van der Waals surface area contributed by atoms with E-state index in [-0.39, 0.29) is 10.8 Å². The van der Waals surface area contributed by atoms with Gasteiger partial charge in [-0.1, -0.05) is 113 Å². The molecular formula is C46H37N3S. The lowest BCUT2D eigenvalue weighted by atomic mass is 9.73. The van der Waals surface area contributed by atoms with Gasteiger partial charge in [-0.3, -0.25) is 4.99 Å². The van der Waals surface area contributed by atoms with Crippen molar-refractivity contribution in [1.82, 2.24) is 0 Å². The number of fused-ring (bicyclic) bond motifs is 10. The summed E-state index contributed by atoms with van der Waals surface area (Å²) in [6, 6.07) is 49.6. The van der Waals surface area contributed by atoms with E-state index in [9.17, 15) is 0 Å². The van der Waals surface area contributed by atoms with Crippen molar-refractivity contribution in [2.75, 3.05) is 15.6 Å². The van der Waals surface area contributed by atoms with Gasteiger partial charge in [-0.15, -0.1) is 11.8 Å². The van der Waals surface area contributed by atoms with E-state index in [4.69, 9.17) is 4.99 Å². The first-order valence-electron chi connectivity index (χ1n) is 17.5. The van der Waals surface area contributed by atoms with E-state index in [0.29, 0.717) is 0 Å². The second kappa shape index (κ2) is 10.6. The minimum Gasteiger partial charge on any atom is -0.310 e. The van der Waals surface area contributed by atoms with Gasteiger partial charge in [-0.2, -0.15) is 0 Å². The van der Waals surface area contributed by atoms with Crippen molar-refractivity contribution in [3.05, 3.63) is 156 Å². The summed E-state index contributed by atoms with van der Waals surface area (Å²) >= 11 is 1.90. The number of anilines is 6. The van der Waals surface area contributed by atoms with Gasteiger partial charge in [-0.25, -0.2) is 0 Å². The fourth-order valence-electron chi connectivity index (χ4n) is 8.86. The monoisotopic (exact) mass is 663 g/mol. The molecule has 7 aromatic carbocycles. The van der Waals surface area contributed by atoms with Crippen LogP contribution in [0.1, 0.15) is 49.9 Å². The normalized spacial score (nSPS) is 16.4. The van der Waals surface area contributed by atoms with Crippen LogP contribution in [0.25, 0.3) is 21.5 Å². The second-order valence-electron chi connectivity index (χ2n) is 14.7. The summed E-state index contributed by atoms with van der Waals surface area (Å²) in [6.07, 6.45) is 2.07. The Morgan fingerprint density at radius 1 is 0.480 bits per heavy atom.